The number of fused-ring (bicyclic) bond motifs is 2. The molecule has 1 amide bonds. The number of aromatic amines is 1. The van der Waals surface area contributed by atoms with Gasteiger partial charge in [-0.3, -0.25) is 4.79 Å². The van der Waals surface area contributed by atoms with Gasteiger partial charge in [-0.05, 0) is 74.4 Å². The molecule has 3 aromatic rings. The number of benzene rings is 2. The van der Waals surface area contributed by atoms with Crippen LogP contribution in [0.4, 0.5) is 8.78 Å². The second-order valence-corrected chi connectivity index (χ2v) is 8.91. The highest BCUT2D eigenvalue weighted by Gasteiger charge is 2.30. The van der Waals surface area contributed by atoms with Crippen LogP contribution in [0, 0.1) is 11.6 Å². The minimum Gasteiger partial charge on any atom is -0.460 e. The Morgan fingerprint density at radius 1 is 1.18 bits per heavy atom. The first kappa shape index (κ1) is 21.5. The quantitative estimate of drug-likeness (QED) is 0.463. The van der Waals surface area contributed by atoms with Crippen molar-refractivity contribution in [2.24, 2.45) is 5.73 Å². The highest BCUT2D eigenvalue weighted by molar-refractivity contribution is 5.95. The first-order chi connectivity index (χ1) is 16.0. The van der Waals surface area contributed by atoms with E-state index in [9.17, 15) is 13.6 Å². The Kier molecular flexibility index (Phi) is 5.79. The molecule has 0 unspecified atom stereocenters. The molecule has 2 heterocycles. The first-order valence-corrected chi connectivity index (χ1v) is 11.5. The molecule has 0 atom stereocenters. The average molecular weight is 452 g/mol. The number of nitrogens with one attached hydrogen (secondary N) is 1. The van der Waals surface area contributed by atoms with Crippen molar-refractivity contribution in [2.45, 2.75) is 51.0 Å². The summed E-state index contributed by atoms with van der Waals surface area (Å²) in [5.74, 6) is -1.21. The van der Waals surface area contributed by atoms with Crippen LogP contribution >= 0.6 is 0 Å². The largest absolute Gasteiger partial charge is 0.460 e. The molecule has 0 radical (unpaired) electrons. The topological polar surface area (TPSA) is 71.4 Å². The summed E-state index contributed by atoms with van der Waals surface area (Å²) >= 11 is 0. The van der Waals surface area contributed by atoms with Gasteiger partial charge in [-0.25, -0.2) is 8.78 Å². The van der Waals surface area contributed by atoms with Crippen LogP contribution in [0.3, 0.4) is 0 Å². The highest BCUT2D eigenvalue weighted by Crippen LogP contribution is 2.36. The maximum absolute atomic E-state index is 14.3. The van der Waals surface area contributed by atoms with E-state index in [1.54, 1.807) is 18.4 Å². The van der Waals surface area contributed by atoms with Gasteiger partial charge in [-0.15, -0.1) is 0 Å². The fraction of sp³-hybridized carbons (Fsp3) is 0.346. The number of unbranched alkanes of at least 4 members (excludes halogenated alkanes) is 1. The van der Waals surface area contributed by atoms with Gasteiger partial charge in [0.25, 0.3) is 0 Å². The smallest absolute Gasteiger partial charge is 0.249 e. The Morgan fingerprint density at radius 3 is 2.79 bits per heavy atom. The zero-order valence-corrected chi connectivity index (χ0v) is 18.4. The van der Waals surface area contributed by atoms with Crippen molar-refractivity contribution >= 4 is 16.8 Å². The lowest BCUT2D eigenvalue weighted by Crippen LogP contribution is -2.41. The summed E-state index contributed by atoms with van der Waals surface area (Å²) < 4.78 is 33.6. The van der Waals surface area contributed by atoms with Crippen LogP contribution in [0.5, 0.6) is 5.75 Å². The van der Waals surface area contributed by atoms with E-state index in [0.717, 1.165) is 60.8 Å². The van der Waals surface area contributed by atoms with Gasteiger partial charge < -0.3 is 20.4 Å². The van der Waals surface area contributed by atoms with Gasteiger partial charge in [-0.2, -0.15) is 0 Å². The Morgan fingerprint density at radius 2 is 2.03 bits per heavy atom. The highest BCUT2D eigenvalue weighted by atomic mass is 19.1. The predicted octanol–water partition coefficient (Wildman–Crippen LogP) is 5.20. The van der Waals surface area contributed by atoms with Crippen molar-refractivity contribution in [3.05, 3.63) is 76.8 Å². The molecule has 0 saturated heterocycles. The maximum Gasteiger partial charge on any atom is 0.249 e. The zero-order chi connectivity index (χ0) is 22.9. The third-order valence-electron chi connectivity index (χ3n) is 6.86. The molecule has 0 spiro atoms. The van der Waals surface area contributed by atoms with E-state index < -0.39 is 11.7 Å². The zero-order valence-electron chi connectivity index (χ0n) is 18.4. The van der Waals surface area contributed by atoms with Crippen LogP contribution in [0.2, 0.25) is 0 Å². The molecule has 5 rings (SSSR count). The number of hydrogen-bond donors (Lipinski definition) is 2. The fourth-order valence-electron chi connectivity index (χ4n) is 4.87. The monoisotopic (exact) mass is 451 g/mol. The van der Waals surface area contributed by atoms with Crippen molar-refractivity contribution < 1.29 is 18.3 Å². The van der Waals surface area contributed by atoms with E-state index in [-0.39, 0.29) is 11.6 Å². The Labute approximate surface area is 191 Å². The average Bonchev–Trinajstić information content (AvgIpc) is 3.16. The number of carbonyl (C=O) groups is 1. The lowest BCUT2D eigenvalue weighted by atomic mass is 9.89. The first-order valence-electron chi connectivity index (χ1n) is 11.5. The summed E-state index contributed by atoms with van der Waals surface area (Å²) in [6.07, 6.45) is 10.2. The van der Waals surface area contributed by atoms with Gasteiger partial charge in [0.05, 0.1) is 5.70 Å². The van der Waals surface area contributed by atoms with Crippen LogP contribution in [-0.2, 0) is 12.8 Å². The van der Waals surface area contributed by atoms with E-state index in [4.69, 9.17) is 10.5 Å². The van der Waals surface area contributed by atoms with Crippen LogP contribution < -0.4 is 10.5 Å². The number of ether oxygens (including phenoxy) is 1. The van der Waals surface area contributed by atoms with Gasteiger partial charge in [-0.1, -0.05) is 0 Å². The Bertz CT molecular complexity index is 1230. The second-order valence-electron chi connectivity index (χ2n) is 8.91. The summed E-state index contributed by atoms with van der Waals surface area (Å²) in [4.78, 5) is 17.4. The number of amides is 1. The van der Waals surface area contributed by atoms with Crippen molar-refractivity contribution in [1.29, 1.82) is 0 Å². The van der Waals surface area contributed by atoms with E-state index >= 15 is 0 Å². The lowest BCUT2D eigenvalue weighted by Gasteiger charge is -2.41. The maximum atomic E-state index is 14.3. The van der Waals surface area contributed by atoms with Gasteiger partial charge in [0.15, 0.2) is 11.6 Å². The molecular weight excluding hydrogens is 424 g/mol. The summed E-state index contributed by atoms with van der Waals surface area (Å²) in [7, 11) is 0. The molecule has 172 valence electrons. The van der Waals surface area contributed by atoms with Crippen LogP contribution in [0.15, 0.2) is 48.5 Å². The minimum atomic E-state index is -0.582. The number of hydrogen-bond acceptors (Lipinski definition) is 3. The summed E-state index contributed by atoms with van der Waals surface area (Å²) in [6.45, 7) is 0.840. The number of carbonyl (C=O) groups excluding carboxylic acids is 1. The van der Waals surface area contributed by atoms with Gasteiger partial charge in [0.2, 0.25) is 5.91 Å². The number of allylic oxidation sites excluding steroid dienone is 1. The summed E-state index contributed by atoms with van der Waals surface area (Å²) in [6, 6.07) is 7.89. The van der Waals surface area contributed by atoms with E-state index in [0.29, 0.717) is 23.6 Å². The molecule has 1 aliphatic carbocycles. The van der Waals surface area contributed by atoms with Crippen LogP contribution in [-0.4, -0.2) is 28.4 Å². The number of nitrogens with zero attached hydrogens (tertiary/aromatic N) is 1. The van der Waals surface area contributed by atoms with E-state index in [2.05, 4.69) is 9.88 Å². The molecule has 1 fully saturated rings. The number of rotatable bonds is 8. The number of primary amides is 1. The standard InChI is InChI=1S/C26H27F2N3O2/c27-17-7-10-24-21(12-17)16(14-30-24)4-1-2-11-31(18-5-3-6-18)19-13-22-20(26(29)32)8-9-23(28)25(22)33-15-19/h7-10,12,14-15,18,30H,1-6,11,13H2,(H2,29,32). The molecule has 0 bridgehead atoms. The second kappa shape index (κ2) is 8.89. The van der Waals surface area contributed by atoms with Gasteiger partial charge in [0, 0.05) is 47.2 Å². The van der Waals surface area contributed by atoms with Crippen LogP contribution in [0.1, 0.15) is 53.6 Å². The van der Waals surface area contributed by atoms with Crippen molar-refractivity contribution in [2.75, 3.05) is 6.54 Å². The predicted molar refractivity (Wildman–Crippen MR) is 123 cm³/mol. The van der Waals surface area contributed by atoms with E-state index in [1.165, 1.54) is 24.6 Å². The summed E-state index contributed by atoms with van der Waals surface area (Å²) in [5.41, 5.74) is 9.37. The number of nitrogens with two attached hydrogens (primary N) is 1. The molecule has 7 heteroatoms. The Hall–Kier alpha value is -3.35. The number of H-pyrrole nitrogens is 1. The molecule has 3 N–H and O–H groups in total. The molecule has 5 nitrogen and oxygen atoms in total. The lowest BCUT2D eigenvalue weighted by molar-refractivity contribution is 0.0998. The number of aryl methyl sites for hydroxylation is 1. The molecular formula is C26H27F2N3O2. The molecule has 33 heavy (non-hydrogen) atoms. The molecule has 2 aliphatic rings. The van der Waals surface area contributed by atoms with Gasteiger partial charge >= 0.3 is 0 Å². The summed E-state index contributed by atoms with van der Waals surface area (Å²) in [5, 5.41) is 0.937. The molecule has 2 aromatic carbocycles. The molecule has 1 aromatic heterocycles. The fourth-order valence-corrected chi connectivity index (χ4v) is 4.87. The van der Waals surface area contributed by atoms with Crippen molar-refractivity contribution in [1.82, 2.24) is 9.88 Å². The number of aromatic nitrogens is 1. The van der Waals surface area contributed by atoms with Crippen LogP contribution in [0.25, 0.3) is 10.9 Å². The van der Waals surface area contributed by atoms with Gasteiger partial charge in [0.1, 0.15) is 12.1 Å². The third kappa shape index (κ3) is 4.19. The SMILES string of the molecule is NC(=O)c1ccc(F)c2c1CC(N(CCCCc1c[nH]c3ccc(F)cc13)C1CCC1)=CO2. The molecule has 1 saturated carbocycles. The third-order valence-corrected chi connectivity index (χ3v) is 6.86. The van der Waals surface area contributed by atoms with Crippen molar-refractivity contribution in [3.8, 4) is 5.75 Å². The van der Waals surface area contributed by atoms with Crippen molar-refractivity contribution in [3.63, 3.8) is 0 Å². The normalized spacial score (nSPS) is 15.5. The number of halogens is 2. The molecule has 1 aliphatic heterocycles. The Balaban J connectivity index is 1.27. The minimum absolute atomic E-state index is 0.0928. The van der Waals surface area contributed by atoms with E-state index in [1.807, 2.05) is 6.20 Å².